The van der Waals surface area contributed by atoms with Crippen LogP contribution in [0.4, 0.5) is 10.5 Å². The van der Waals surface area contributed by atoms with Crippen molar-refractivity contribution >= 4 is 23.6 Å². The second-order valence-electron chi connectivity index (χ2n) is 10.2. The van der Waals surface area contributed by atoms with Crippen molar-refractivity contribution < 1.29 is 19.1 Å². The van der Waals surface area contributed by atoms with Gasteiger partial charge >= 0.3 is 12.0 Å². The molecule has 0 aromatic heterocycles. The third-order valence-corrected chi connectivity index (χ3v) is 7.92. The quantitative estimate of drug-likeness (QED) is 0.220. The monoisotopic (exact) mass is 540 g/mol. The molecular formula is C32H36N4O4. The minimum absolute atomic E-state index is 0.385. The fraction of sp³-hybridized carbons (Fsp3) is 0.344. The summed E-state index contributed by atoms with van der Waals surface area (Å²) in [6.45, 7) is 4.83. The molecule has 0 N–H and O–H groups in total. The van der Waals surface area contributed by atoms with Crippen LogP contribution in [0.25, 0.3) is 0 Å². The third-order valence-electron chi connectivity index (χ3n) is 7.92. The average Bonchev–Trinajstić information content (AvgIpc) is 3.22. The van der Waals surface area contributed by atoms with Crippen molar-refractivity contribution in [2.45, 2.75) is 18.4 Å². The topological polar surface area (TPSA) is 73.4 Å². The Labute approximate surface area is 235 Å². The predicted octanol–water partition coefficient (Wildman–Crippen LogP) is 3.97. The molecule has 2 heterocycles. The number of carbonyl (C=O) groups is 3. The number of rotatable bonds is 10. The summed E-state index contributed by atoms with van der Waals surface area (Å²) in [7, 11) is 1.26. The van der Waals surface area contributed by atoms with Crippen LogP contribution in [0.15, 0.2) is 91.0 Å². The molecule has 0 saturated carbocycles. The predicted molar refractivity (Wildman–Crippen MR) is 154 cm³/mol. The Morgan fingerprint density at radius 1 is 0.750 bits per heavy atom. The zero-order valence-electron chi connectivity index (χ0n) is 22.9. The van der Waals surface area contributed by atoms with Crippen LogP contribution in [0.3, 0.4) is 0 Å². The molecule has 40 heavy (non-hydrogen) atoms. The van der Waals surface area contributed by atoms with Gasteiger partial charge in [0.05, 0.1) is 7.11 Å². The Hall–Kier alpha value is -4.17. The summed E-state index contributed by atoms with van der Waals surface area (Å²) >= 11 is 0. The first-order valence-corrected chi connectivity index (χ1v) is 13.9. The van der Waals surface area contributed by atoms with E-state index in [0.29, 0.717) is 17.7 Å². The molecule has 2 fully saturated rings. The summed E-state index contributed by atoms with van der Waals surface area (Å²) in [5, 5.41) is 0. The standard InChI is InChI=1S/C32H36N4O4/c1-40-29(37)25-35-30(38)32(26-13-5-2-6-14-26,27-15-7-3-8-16-27)36(31(35)39)20-12-11-19-33-21-23-34(24-22-33)28-17-9-4-10-18-28/h2-10,13-18H,11-12,19-25H2,1H3. The van der Waals surface area contributed by atoms with E-state index in [2.05, 4.69) is 34.1 Å². The summed E-state index contributed by atoms with van der Waals surface area (Å²) in [5.41, 5.74) is 1.30. The van der Waals surface area contributed by atoms with Gasteiger partial charge in [-0.3, -0.25) is 19.4 Å². The number of piperazine rings is 1. The molecule has 2 saturated heterocycles. The first kappa shape index (κ1) is 27.4. The van der Waals surface area contributed by atoms with Gasteiger partial charge in [0.15, 0.2) is 5.54 Å². The van der Waals surface area contributed by atoms with Gasteiger partial charge in [-0.25, -0.2) is 4.79 Å². The van der Waals surface area contributed by atoms with Crippen molar-refractivity contribution in [3.8, 4) is 0 Å². The molecule has 0 radical (unpaired) electrons. The van der Waals surface area contributed by atoms with Crippen molar-refractivity contribution in [1.29, 1.82) is 0 Å². The van der Waals surface area contributed by atoms with Gasteiger partial charge in [-0.2, -0.15) is 0 Å². The number of imide groups is 1. The van der Waals surface area contributed by atoms with E-state index in [9.17, 15) is 14.4 Å². The molecule has 8 nitrogen and oxygen atoms in total. The van der Waals surface area contributed by atoms with Crippen molar-refractivity contribution in [2.24, 2.45) is 0 Å². The van der Waals surface area contributed by atoms with Crippen LogP contribution in [0.5, 0.6) is 0 Å². The fourth-order valence-corrected chi connectivity index (χ4v) is 5.84. The van der Waals surface area contributed by atoms with Crippen molar-refractivity contribution in [2.75, 3.05) is 57.8 Å². The highest BCUT2D eigenvalue weighted by atomic mass is 16.5. The maximum atomic E-state index is 14.2. The van der Waals surface area contributed by atoms with Gasteiger partial charge in [-0.1, -0.05) is 78.9 Å². The number of benzene rings is 3. The number of methoxy groups -OCH3 is 1. The van der Waals surface area contributed by atoms with Gasteiger partial charge in [-0.15, -0.1) is 0 Å². The summed E-state index contributed by atoms with van der Waals surface area (Å²) in [6, 6.07) is 28.8. The average molecular weight is 541 g/mol. The Morgan fingerprint density at radius 3 is 1.82 bits per heavy atom. The van der Waals surface area contributed by atoms with Gasteiger partial charge in [0.2, 0.25) is 0 Å². The lowest BCUT2D eigenvalue weighted by molar-refractivity contribution is -0.145. The molecular weight excluding hydrogens is 504 g/mol. The smallest absolute Gasteiger partial charge is 0.328 e. The first-order valence-electron chi connectivity index (χ1n) is 13.9. The maximum absolute atomic E-state index is 14.2. The molecule has 5 rings (SSSR count). The van der Waals surface area contributed by atoms with Crippen molar-refractivity contribution in [1.82, 2.24) is 14.7 Å². The van der Waals surface area contributed by atoms with E-state index in [-0.39, 0.29) is 0 Å². The van der Waals surface area contributed by atoms with Crippen molar-refractivity contribution in [3.63, 3.8) is 0 Å². The van der Waals surface area contributed by atoms with Crippen LogP contribution in [0, 0.1) is 0 Å². The van der Waals surface area contributed by atoms with E-state index in [4.69, 9.17) is 4.74 Å². The van der Waals surface area contributed by atoms with Crippen LogP contribution >= 0.6 is 0 Å². The zero-order chi connectivity index (χ0) is 28.0. The molecule has 0 atom stereocenters. The summed E-state index contributed by atoms with van der Waals surface area (Å²) < 4.78 is 4.81. The van der Waals surface area contributed by atoms with E-state index in [1.54, 1.807) is 4.90 Å². The Kier molecular flexibility index (Phi) is 8.45. The number of urea groups is 1. The van der Waals surface area contributed by atoms with Gasteiger partial charge in [0.1, 0.15) is 6.54 Å². The zero-order valence-corrected chi connectivity index (χ0v) is 22.9. The first-order chi connectivity index (χ1) is 19.6. The number of para-hydroxylation sites is 1. The number of hydrogen-bond donors (Lipinski definition) is 0. The fourth-order valence-electron chi connectivity index (χ4n) is 5.84. The lowest BCUT2D eigenvalue weighted by atomic mass is 9.81. The Bertz CT molecular complexity index is 1250. The highest BCUT2D eigenvalue weighted by Gasteiger charge is 2.59. The number of esters is 1. The van der Waals surface area contributed by atoms with Crippen LogP contribution in [-0.4, -0.2) is 85.5 Å². The number of ether oxygens (including phenoxy) is 1. The third kappa shape index (κ3) is 5.31. The summed E-state index contributed by atoms with van der Waals surface area (Å²) in [4.78, 5) is 47.7. The van der Waals surface area contributed by atoms with Crippen molar-refractivity contribution in [3.05, 3.63) is 102 Å². The van der Waals surface area contributed by atoms with Gasteiger partial charge in [0.25, 0.3) is 5.91 Å². The van der Waals surface area contributed by atoms with Gasteiger partial charge in [-0.05, 0) is 42.6 Å². The largest absolute Gasteiger partial charge is 0.468 e. The number of amides is 3. The minimum Gasteiger partial charge on any atom is -0.468 e. The van der Waals surface area contributed by atoms with Crippen LogP contribution in [0.1, 0.15) is 24.0 Å². The molecule has 2 aliphatic heterocycles. The van der Waals surface area contributed by atoms with E-state index in [1.165, 1.54) is 12.8 Å². The second-order valence-corrected chi connectivity index (χ2v) is 10.2. The molecule has 3 aromatic rings. The van der Waals surface area contributed by atoms with E-state index in [0.717, 1.165) is 50.5 Å². The minimum atomic E-state index is -1.35. The lowest BCUT2D eigenvalue weighted by Crippen LogP contribution is -2.49. The number of carbonyl (C=O) groups excluding carboxylic acids is 3. The molecule has 0 aliphatic carbocycles. The molecule has 3 aromatic carbocycles. The highest BCUT2D eigenvalue weighted by molar-refractivity contribution is 6.11. The van der Waals surface area contributed by atoms with Crippen LogP contribution in [-0.2, 0) is 19.9 Å². The Balaban J connectivity index is 1.32. The highest BCUT2D eigenvalue weighted by Crippen LogP contribution is 2.43. The maximum Gasteiger partial charge on any atom is 0.328 e. The molecule has 0 spiro atoms. The Morgan fingerprint density at radius 2 is 1.27 bits per heavy atom. The van der Waals surface area contributed by atoms with E-state index >= 15 is 0 Å². The molecule has 0 bridgehead atoms. The van der Waals surface area contributed by atoms with Crippen LogP contribution in [0.2, 0.25) is 0 Å². The number of unbranched alkanes of at least 4 members (excludes halogenated alkanes) is 1. The number of hydrogen-bond acceptors (Lipinski definition) is 6. The SMILES string of the molecule is COC(=O)CN1C(=O)N(CCCCN2CCN(c3ccccc3)CC2)C(c2ccccc2)(c2ccccc2)C1=O. The summed E-state index contributed by atoms with van der Waals surface area (Å²) in [6.07, 6.45) is 1.62. The molecule has 0 unspecified atom stereocenters. The van der Waals surface area contributed by atoms with Gasteiger partial charge in [0, 0.05) is 38.4 Å². The summed E-state index contributed by atoms with van der Waals surface area (Å²) in [5.74, 6) is -1.06. The molecule has 208 valence electrons. The number of nitrogens with zero attached hydrogens (tertiary/aromatic N) is 4. The molecule has 3 amide bonds. The van der Waals surface area contributed by atoms with Crippen LogP contribution < -0.4 is 4.90 Å². The normalized spacial score (nSPS) is 17.4. The lowest BCUT2D eigenvalue weighted by Gasteiger charge is -2.37. The second kappa shape index (κ2) is 12.3. The number of anilines is 1. The molecule has 2 aliphatic rings. The van der Waals surface area contributed by atoms with Gasteiger partial charge < -0.3 is 14.5 Å². The van der Waals surface area contributed by atoms with E-state index < -0.39 is 30.0 Å². The van der Waals surface area contributed by atoms with E-state index in [1.807, 2.05) is 66.7 Å². The molecule has 8 heteroatoms.